The van der Waals surface area contributed by atoms with Gasteiger partial charge in [-0.1, -0.05) is 11.6 Å². The predicted octanol–water partition coefficient (Wildman–Crippen LogP) is 1.31. The molecule has 7 heteroatoms. The Labute approximate surface area is 118 Å². The molecule has 0 bridgehead atoms. The Hall–Kier alpha value is -0.850. The average molecular weight is 335 g/mol. The van der Waals surface area contributed by atoms with E-state index in [0.29, 0.717) is 30.2 Å². The highest BCUT2D eigenvalue weighted by atomic mass is 79.9. The maximum atomic E-state index is 11.3. The average Bonchev–Trinajstić information content (AvgIpc) is 2.28. The fourth-order valence-corrected chi connectivity index (χ4v) is 2.95. The quantitative estimate of drug-likeness (QED) is 0.855. The van der Waals surface area contributed by atoms with Crippen molar-refractivity contribution in [2.75, 3.05) is 18.0 Å². The maximum absolute atomic E-state index is 11.3. The Bertz CT molecular complexity index is 485. The molecule has 0 aromatic carbocycles. The summed E-state index contributed by atoms with van der Waals surface area (Å²) in [5.41, 5.74) is 3.75. The first-order valence-corrected chi connectivity index (χ1v) is 6.68. The summed E-state index contributed by atoms with van der Waals surface area (Å²) in [6, 6.07) is 1.72. The molecule has 98 valence electrons. The number of carbonyl (C=O) groups is 1. The molecule has 1 saturated heterocycles. The van der Waals surface area contributed by atoms with Gasteiger partial charge < -0.3 is 15.7 Å². The topological polar surface area (TPSA) is 79.5 Å². The predicted molar refractivity (Wildman–Crippen MR) is 72.5 cm³/mol. The molecule has 1 amide bonds. The summed E-state index contributed by atoms with van der Waals surface area (Å²) in [7, 11) is 0. The summed E-state index contributed by atoms with van der Waals surface area (Å²) in [5, 5.41) is 10.7. The Morgan fingerprint density at radius 2 is 2.39 bits per heavy atom. The fraction of sp³-hybridized carbons (Fsp3) is 0.455. The number of hydrogen-bond acceptors (Lipinski definition) is 4. The van der Waals surface area contributed by atoms with Crippen LogP contribution in [0.5, 0.6) is 0 Å². The number of pyridine rings is 1. The molecule has 3 N–H and O–H groups in total. The van der Waals surface area contributed by atoms with Crippen LogP contribution >= 0.6 is 27.5 Å². The number of amides is 1. The molecule has 5 nitrogen and oxygen atoms in total. The number of halogens is 2. The van der Waals surface area contributed by atoms with E-state index in [2.05, 4.69) is 20.9 Å². The van der Waals surface area contributed by atoms with Crippen LogP contribution in [-0.2, 0) is 4.79 Å². The van der Waals surface area contributed by atoms with E-state index in [1.807, 2.05) is 4.90 Å². The molecule has 1 atom stereocenters. The van der Waals surface area contributed by atoms with Gasteiger partial charge >= 0.3 is 0 Å². The Balaban J connectivity index is 2.26. The monoisotopic (exact) mass is 333 g/mol. The van der Waals surface area contributed by atoms with E-state index in [1.165, 1.54) is 6.20 Å². The molecule has 0 radical (unpaired) electrons. The first-order chi connectivity index (χ1) is 8.42. The zero-order valence-corrected chi connectivity index (χ0v) is 11.9. The second-order valence-corrected chi connectivity index (χ2v) is 5.67. The lowest BCUT2D eigenvalue weighted by Crippen LogP contribution is -2.56. The zero-order chi connectivity index (χ0) is 13.3. The van der Waals surface area contributed by atoms with Gasteiger partial charge in [-0.15, -0.1) is 0 Å². The van der Waals surface area contributed by atoms with Crippen molar-refractivity contribution in [3.63, 3.8) is 0 Å². The molecule has 1 aromatic heterocycles. The van der Waals surface area contributed by atoms with Crippen LogP contribution in [0.1, 0.15) is 12.8 Å². The van der Waals surface area contributed by atoms with Crippen LogP contribution in [0, 0.1) is 0 Å². The molecule has 0 unspecified atom stereocenters. The number of hydrogen-bond donors (Lipinski definition) is 2. The lowest BCUT2D eigenvalue weighted by molar-refractivity contribution is -0.137. The Morgan fingerprint density at radius 1 is 1.67 bits per heavy atom. The molecule has 1 aromatic rings. The van der Waals surface area contributed by atoms with E-state index >= 15 is 0 Å². The SMILES string of the molecule is NC(=O)[C@@]1(O)CCCN(c2ncc(Cl)cc2Br)C1. The Kier molecular flexibility index (Phi) is 3.79. The van der Waals surface area contributed by atoms with E-state index in [-0.39, 0.29) is 6.54 Å². The standard InChI is InChI=1S/C11H13BrClN3O2/c12-8-4-7(13)5-15-9(8)16-3-1-2-11(18,6-16)10(14)17/h4-5,18H,1-3,6H2,(H2,14,17)/t11-/m1/s1. The normalized spacial score (nSPS) is 24.1. The van der Waals surface area contributed by atoms with Gasteiger partial charge in [0.1, 0.15) is 5.82 Å². The van der Waals surface area contributed by atoms with Crippen LogP contribution in [0.3, 0.4) is 0 Å². The molecule has 1 aliphatic rings. The number of nitrogens with zero attached hydrogens (tertiary/aromatic N) is 2. The smallest absolute Gasteiger partial charge is 0.251 e. The van der Waals surface area contributed by atoms with Gasteiger partial charge in [-0.25, -0.2) is 4.98 Å². The number of primary amides is 1. The van der Waals surface area contributed by atoms with Gasteiger partial charge in [0.15, 0.2) is 5.60 Å². The first-order valence-electron chi connectivity index (χ1n) is 5.51. The minimum Gasteiger partial charge on any atom is -0.378 e. The molecule has 2 rings (SSSR count). The number of anilines is 1. The van der Waals surface area contributed by atoms with Gasteiger partial charge in [0.25, 0.3) is 5.91 Å². The van der Waals surface area contributed by atoms with Gasteiger partial charge in [-0.3, -0.25) is 4.79 Å². The number of carbonyl (C=O) groups excluding carboxylic acids is 1. The van der Waals surface area contributed by atoms with E-state index < -0.39 is 11.5 Å². The van der Waals surface area contributed by atoms with Gasteiger partial charge in [0.2, 0.25) is 0 Å². The summed E-state index contributed by atoms with van der Waals surface area (Å²) >= 11 is 9.20. The van der Waals surface area contributed by atoms with E-state index in [4.69, 9.17) is 17.3 Å². The molecule has 0 spiro atoms. The third kappa shape index (κ3) is 2.60. The van der Waals surface area contributed by atoms with Gasteiger partial charge in [-0.2, -0.15) is 0 Å². The van der Waals surface area contributed by atoms with Crippen LogP contribution in [-0.4, -0.2) is 34.7 Å². The number of β-amino-alcohol motifs (C(OH)–C–C–N with tert-alkyl or cyclic N) is 1. The minimum atomic E-state index is -1.49. The summed E-state index contributed by atoms with van der Waals surface area (Å²) < 4.78 is 0.726. The number of piperidine rings is 1. The largest absolute Gasteiger partial charge is 0.378 e. The van der Waals surface area contributed by atoms with Crippen LogP contribution in [0.15, 0.2) is 16.7 Å². The molecular weight excluding hydrogens is 321 g/mol. The molecular formula is C11H13BrClN3O2. The molecule has 1 fully saturated rings. The van der Waals surface area contributed by atoms with Crippen molar-refractivity contribution in [3.05, 3.63) is 21.8 Å². The summed E-state index contributed by atoms with van der Waals surface area (Å²) in [6.07, 6.45) is 2.58. The van der Waals surface area contributed by atoms with Gasteiger partial charge in [0, 0.05) is 12.7 Å². The number of rotatable bonds is 2. The zero-order valence-electron chi connectivity index (χ0n) is 9.57. The highest BCUT2D eigenvalue weighted by molar-refractivity contribution is 9.10. The van der Waals surface area contributed by atoms with Gasteiger partial charge in [0.05, 0.1) is 16.0 Å². The summed E-state index contributed by atoms with van der Waals surface area (Å²) in [4.78, 5) is 17.3. The van der Waals surface area contributed by atoms with Crippen molar-refractivity contribution in [2.24, 2.45) is 5.73 Å². The van der Waals surface area contributed by atoms with Crippen molar-refractivity contribution in [1.29, 1.82) is 0 Å². The van der Waals surface area contributed by atoms with Crippen molar-refractivity contribution in [3.8, 4) is 0 Å². The molecule has 0 saturated carbocycles. The highest BCUT2D eigenvalue weighted by Gasteiger charge is 2.39. The second-order valence-electron chi connectivity index (χ2n) is 4.38. The van der Waals surface area contributed by atoms with Gasteiger partial charge in [-0.05, 0) is 34.8 Å². The van der Waals surface area contributed by atoms with E-state index in [1.54, 1.807) is 6.07 Å². The van der Waals surface area contributed by atoms with Crippen molar-refractivity contribution < 1.29 is 9.90 Å². The fourth-order valence-electron chi connectivity index (χ4n) is 2.06. The lowest BCUT2D eigenvalue weighted by Gasteiger charge is -2.38. The number of aliphatic hydroxyl groups is 1. The van der Waals surface area contributed by atoms with Crippen molar-refractivity contribution in [1.82, 2.24) is 4.98 Å². The third-order valence-electron chi connectivity index (χ3n) is 3.02. The lowest BCUT2D eigenvalue weighted by atomic mass is 9.92. The van der Waals surface area contributed by atoms with Crippen molar-refractivity contribution in [2.45, 2.75) is 18.4 Å². The molecule has 0 aliphatic carbocycles. The van der Waals surface area contributed by atoms with Crippen LogP contribution < -0.4 is 10.6 Å². The van der Waals surface area contributed by atoms with Crippen LogP contribution in [0.4, 0.5) is 5.82 Å². The van der Waals surface area contributed by atoms with E-state index in [0.717, 1.165) is 4.47 Å². The summed E-state index contributed by atoms with van der Waals surface area (Å²) in [6.45, 7) is 0.860. The van der Waals surface area contributed by atoms with Crippen LogP contribution in [0.25, 0.3) is 0 Å². The van der Waals surface area contributed by atoms with E-state index in [9.17, 15) is 9.90 Å². The number of aromatic nitrogens is 1. The second kappa shape index (κ2) is 5.03. The highest BCUT2D eigenvalue weighted by Crippen LogP contribution is 2.31. The third-order valence-corrected chi connectivity index (χ3v) is 3.81. The maximum Gasteiger partial charge on any atom is 0.251 e. The molecule has 2 heterocycles. The van der Waals surface area contributed by atoms with Crippen LogP contribution in [0.2, 0.25) is 5.02 Å². The molecule has 1 aliphatic heterocycles. The first kappa shape index (κ1) is 13.6. The number of nitrogens with two attached hydrogens (primary N) is 1. The summed E-state index contributed by atoms with van der Waals surface area (Å²) in [5.74, 6) is -0.0453. The Morgan fingerprint density at radius 3 is 3.00 bits per heavy atom. The minimum absolute atomic E-state index is 0.148. The molecule has 18 heavy (non-hydrogen) atoms. The van der Waals surface area contributed by atoms with Crippen molar-refractivity contribution >= 4 is 39.3 Å².